The van der Waals surface area contributed by atoms with Crippen molar-refractivity contribution in [3.63, 3.8) is 0 Å². The molecule has 1 aromatic rings. The summed E-state index contributed by atoms with van der Waals surface area (Å²) in [6, 6.07) is 9.53. The topological polar surface area (TPSA) is 35.8 Å². The quantitative estimate of drug-likeness (QED) is 0.859. The van der Waals surface area contributed by atoms with Crippen molar-refractivity contribution < 1.29 is 0 Å². The number of nitrogens with zero attached hydrogens (tertiary/aromatic N) is 1. The minimum atomic E-state index is -0.208. The molecular weight excluding hydrogens is 220 g/mol. The van der Waals surface area contributed by atoms with Gasteiger partial charge in [-0.25, -0.2) is 0 Å². The zero-order valence-electron chi connectivity index (χ0n) is 9.92. The molecule has 1 N–H and O–H groups in total. The smallest absolute Gasteiger partial charge is 0.115 e. The number of benzene rings is 1. The summed E-state index contributed by atoms with van der Waals surface area (Å²) in [6.07, 6.45) is 0.786. The van der Waals surface area contributed by atoms with E-state index in [1.54, 1.807) is 0 Å². The molecule has 0 spiro atoms. The molecule has 1 rings (SSSR count). The molecule has 86 valence electrons. The summed E-state index contributed by atoms with van der Waals surface area (Å²) in [5.41, 5.74) is 0.939. The van der Waals surface area contributed by atoms with Crippen molar-refractivity contribution in [2.24, 2.45) is 5.41 Å². The number of nitriles is 1. The molecule has 0 heterocycles. The fourth-order valence-electron chi connectivity index (χ4n) is 1.51. The van der Waals surface area contributed by atoms with Crippen molar-refractivity contribution in [3.8, 4) is 6.07 Å². The van der Waals surface area contributed by atoms with E-state index in [0.29, 0.717) is 5.02 Å². The van der Waals surface area contributed by atoms with Crippen LogP contribution >= 0.6 is 11.6 Å². The zero-order valence-corrected chi connectivity index (χ0v) is 10.7. The Bertz CT molecular complexity index is 388. The van der Waals surface area contributed by atoms with Crippen molar-refractivity contribution in [2.75, 3.05) is 5.32 Å². The molecule has 0 aromatic heterocycles. The molecular formula is C13H17ClN2. The van der Waals surface area contributed by atoms with E-state index in [1.807, 2.05) is 24.3 Å². The third-order valence-corrected chi connectivity index (χ3v) is 2.51. The average Bonchev–Trinajstić information content (AvgIpc) is 2.18. The number of para-hydroxylation sites is 1. The maximum atomic E-state index is 9.09. The Morgan fingerprint density at radius 3 is 2.50 bits per heavy atom. The van der Waals surface area contributed by atoms with Gasteiger partial charge in [-0.1, -0.05) is 44.5 Å². The maximum Gasteiger partial charge on any atom is 0.115 e. The highest BCUT2D eigenvalue weighted by Crippen LogP contribution is 2.26. The molecule has 16 heavy (non-hydrogen) atoms. The van der Waals surface area contributed by atoms with Crippen molar-refractivity contribution in [3.05, 3.63) is 29.3 Å². The molecule has 0 saturated carbocycles. The van der Waals surface area contributed by atoms with Crippen LogP contribution in [0.25, 0.3) is 0 Å². The van der Waals surface area contributed by atoms with E-state index in [0.717, 1.165) is 12.1 Å². The number of halogens is 1. The van der Waals surface area contributed by atoms with Crippen molar-refractivity contribution in [1.29, 1.82) is 5.26 Å². The van der Waals surface area contributed by atoms with Gasteiger partial charge in [0.25, 0.3) is 0 Å². The first-order valence-electron chi connectivity index (χ1n) is 5.33. The first-order chi connectivity index (χ1) is 7.42. The van der Waals surface area contributed by atoms with E-state index in [2.05, 4.69) is 32.2 Å². The van der Waals surface area contributed by atoms with Crippen LogP contribution in [0.15, 0.2) is 24.3 Å². The number of nitrogens with one attached hydrogen (secondary N) is 1. The molecule has 1 aromatic carbocycles. The molecule has 1 atom stereocenters. The molecule has 0 aliphatic rings. The Balaban J connectivity index is 2.72. The SMILES string of the molecule is CC(C)(C)CC(C#N)Nc1ccccc1Cl. The lowest BCUT2D eigenvalue weighted by Gasteiger charge is -2.23. The van der Waals surface area contributed by atoms with Crippen LogP contribution in [0.4, 0.5) is 5.69 Å². The highest BCUT2D eigenvalue weighted by Gasteiger charge is 2.18. The highest BCUT2D eigenvalue weighted by molar-refractivity contribution is 6.33. The molecule has 0 amide bonds. The van der Waals surface area contributed by atoms with Gasteiger partial charge in [0, 0.05) is 0 Å². The summed E-state index contributed by atoms with van der Waals surface area (Å²) < 4.78 is 0. The predicted octanol–water partition coefficient (Wildman–Crippen LogP) is 4.08. The summed E-state index contributed by atoms with van der Waals surface area (Å²) in [7, 11) is 0. The summed E-state index contributed by atoms with van der Waals surface area (Å²) in [6.45, 7) is 6.35. The van der Waals surface area contributed by atoms with Gasteiger partial charge >= 0.3 is 0 Å². The monoisotopic (exact) mass is 236 g/mol. The third kappa shape index (κ3) is 4.12. The van der Waals surface area contributed by atoms with Crippen LogP contribution in [0.1, 0.15) is 27.2 Å². The number of hydrogen-bond donors (Lipinski definition) is 1. The van der Waals surface area contributed by atoms with E-state index in [9.17, 15) is 0 Å². The van der Waals surface area contributed by atoms with Gasteiger partial charge in [-0.3, -0.25) is 0 Å². The molecule has 2 nitrogen and oxygen atoms in total. The maximum absolute atomic E-state index is 9.09. The van der Waals surface area contributed by atoms with Gasteiger partial charge in [-0.05, 0) is 24.0 Å². The summed E-state index contributed by atoms with van der Waals surface area (Å²) in [4.78, 5) is 0. The molecule has 3 heteroatoms. The highest BCUT2D eigenvalue weighted by atomic mass is 35.5. The molecule has 1 unspecified atom stereocenters. The Morgan fingerprint density at radius 2 is 2.00 bits per heavy atom. The Kier molecular flexibility index (Phi) is 4.20. The van der Waals surface area contributed by atoms with Crippen LogP contribution < -0.4 is 5.32 Å². The second-order valence-electron chi connectivity index (χ2n) is 5.07. The van der Waals surface area contributed by atoms with Crippen molar-refractivity contribution >= 4 is 17.3 Å². The Morgan fingerprint density at radius 1 is 1.38 bits per heavy atom. The molecule has 0 fully saturated rings. The van der Waals surface area contributed by atoms with Gasteiger partial charge in [0.15, 0.2) is 0 Å². The number of rotatable bonds is 3. The van der Waals surface area contributed by atoms with Gasteiger partial charge in [0.1, 0.15) is 6.04 Å². The second-order valence-corrected chi connectivity index (χ2v) is 5.48. The number of anilines is 1. The fraction of sp³-hybridized carbons (Fsp3) is 0.462. The summed E-state index contributed by atoms with van der Waals surface area (Å²) in [5.74, 6) is 0. The van der Waals surface area contributed by atoms with Crippen LogP contribution in [0, 0.1) is 16.7 Å². The largest absolute Gasteiger partial charge is 0.369 e. The Hall–Kier alpha value is -1.20. The first-order valence-corrected chi connectivity index (χ1v) is 5.71. The van der Waals surface area contributed by atoms with Gasteiger partial charge in [0.05, 0.1) is 16.8 Å². The standard InChI is InChI=1S/C13H17ClN2/c1-13(2,3)8-10(9-15)16-12-7-5-4-6-11(12)14/h4-7,10,16H,8H2,1-3H3. The minimum absolute atomic E-state index is 0.120. The molecule has 0 radical (unpaired) electrons. The molecule has 0 saturated heterocycles. The van der Waals surface area contributed by atoms with Gasteiger partial charge in [-0.2, -0.15) is 5.26 Å². The molecule has 0 aliphatic carbocycles. The molecule has 0 bridgehead atoms. The van der Waals surface area contributed by atoms with E-state index in [-0.39, 0.29) is 11.5 Å². The van der Waals surface area contributed by atoms with Gasteiger partial charge < -0.3 is 5.32 Å². The minimum Gasteiger partial charge on any atom is -0.369 e. The zero-order chi connectivity index (χ0) is 12.2. The lowest BCUT2D eigenvalue weighted by atomic mass is 9.88. The summed E-state index contributed by atoms with van der Waals surface area (Å²) in [5, 5.41) is 12.9. The fourth-order valence-corrected chi connectivity index (χ4v) is 1.70. The van der Waals surface area contributed by atoms with Crippen molar-refractivity contribution in [1.82, 2.24) is 0 Å². The van der Waals surface area contributed by atoms with E-state index < -0.39 is 0 Å². The lowest BCUT2D eigenvalue weighted by Crippen LogP contribution is -2.24. The lowest BCUT2D eigenvalue weighted by molar-refractivity contribution is 0.370. The number of hydrogen-bond acceptors (Lipinski definition) is 2. The van der Waals surface area contributed by atoms with Crippen LogP contribution in [0.3, 0.4) is 0 Å². The van der Waals surface area contributed by atoms with Crippen LogP contribution in [0.2, 0.25) is 5.02 Å². The normalized spacial score (nSPS) is 12.9. The van der Waals surface area contributed by atoms with E-state index in [4.69, 9.17) is 16.9 Å². The van der Waals surface area contributed by atoms with Crippen LogP contribution in [0.5, 0.6) is 0 Å². The molecule has 0 aliphatic heterocycles. The Labute approximate surface area is 102 Å². The third-order valence-electron chi connectivity index (χ3n) is 2.18. The first kappa shape index (κ1) is 12.9. The van der Waals surface area contributed by atoms with Crippen molar-refractivity contribution in [2.45, 2.75) is 33.2 Å². The predicted molar refractivity (Wildman–Crippen MR) is 68.5 cm³/mol. The van der Waals surface area contributed by atoms with E-state index in [1.165, 1.54) is 0 Å². The summed E-state index contributed by atoms with van der Waals surface area (Å²) >= 11 is 6.02. The van der Waals surface area contributed by atoms with Crippen LogP contribution in [-0.2, 0) is 0 Å². The average molecular weight is 237 g/mol. The van der Waals surface area contributed by atoms with Gasteiger partial charge in [0.2, 0.25) is 0 Å². The van der Waals surface area contributed by atoms with Gasteiger partial charge in [-0.15, -0.1) is 0 Å². The second kappa shape index (κ2) is 5.23. The van der Waals surface area contributed by atoms with Crippen LogP contribution in [-0.4, -0.2) is 6.04 Å². The van der Waals surface area contributed by atoms with E-state index >= 15 is 0 Å².